The van der Waals surface area contributed by atoms with E-state index in [9.17, 15) is 0 Å². The highest BCUT2D eigenvalue weighted by Crippen LogP contribution is 2.13. The maximum atomic E-state index is 8.66. The molecule has 0 aliphatic carbocycles. The third kappa shape index (κ3) is 3.73. The molecule has 1 unspecified atom stereocenters. The molecule has 2 heteroatoms. The van der Waals surface area contributed by atoms with Crippen molar-refractivity contribution in [3.63, 3.8) is 0 Å². The molecule has 0 bridgehead atoms. The highest BCUT2D eigenvalue weighted by Gasteiger charge is 2.10. The third-order valence-corrected chi connectivity index (χ3v) is 2.62. The van der Waals surface area contributed by atoms with Crippen molar-refractivity contribution < 1.29 is 0 Å². The van der Waals surface area contributed by atoms with E-state index in [1.54, 1.807) is 0 Å². The summed E-state index contributed by atoms with van der Waals surface area (Å²) in [6.07, 6.45) is 1.57. The number of rotatable bonds is 5. The molecule has 15 heavy (non-hydrogen) atoms. The molecule has 2 nitrogen and oxygen atoms in total. The minimum absolute atomic E-state index is 0.296. The Bertz CT molecular complexity index is 313. The van der Waals surface area contributed by atoms with Gasteiger partial charge in [0, 0.05) is 12.1 Å². The van der Waals surface area contributed by atoms with Gasteiger partial charge < -0.3 is 5.32 Å². The number of hydrogen-bond donors (Lipinski definition) is 1. The molecule has 0 radical (unpaired) electrons. The fourth-order valence-electron chi connectivity index (χ4n) is 1.62. The molecule has 0 aliphatic rings. The summed E-state index contributed by atoms with van der Waals surface area (Å²) >= 11 is 0. The number of nitrogens with one attached hydrogen (secondary N) is 1. The SMILES string of the molecule is CCC(CC#N)N[C@@H](C)c1ccccc1. The van der Waals surface area contributed by atoms with Crippen LogP contribution in [0.25, 0.3) is 0 Å². The predicted molar refractivity (Wildman–Crippen MR) is 62.3 cm³/mol. The maximum absolute atomic E-state index is 8.66. The number of nitrogens with zero attached hydrogens (tertiary/aromatic N) is 1. The van der Waals surface area contributed by atoms with Crippen LogP contribution in [-0.4, -0.2) is 6.04 Å². The van der Waals surface area contributed by atoms with Gasteiger partial charge in [-0.15, -0.1) is 0 Å². The zero-order valence-corrected chi connectivity index (χ0v) is 9.40. The third-order valence-electron chi connectivity index (χ3n) is 2.62. The molecule has 0 aliphatic heterocycles. The lowest BCUT2D eigenvalue weighted by Gasteiger charge is -2.20. The van der Waals surface area contributed by atoms with Crippen LogP contribution in [0.1, 0.15) is 38.3 Å². The molecule has 2 atom stereocenters. The summed E-state index contributed by atoms with van der Waals surface area (Å²) in [5.41, 5.74) is 1.27. The normalized spacial score (nSPS) is 14.2. The molecule has 80 valence electrons. The average Bonchev–Trinajstić information content (AvgIpc) is 2.29. The predicted octanol–water partition coefficient (Wildman–Crippen LogP) is 3.03. The Kier molecular flexibility index (Phi) is 4.86. The van der Waals surface area contributed by atoms with Gasteiger partial charge in [0.25, 0.3) is 0 Å². The smallest absolute Gasteiger partial charge is 0.0638 e. The first-order valence-corrected chi connectivity index (χ1v) is 5.45. The Labute approximate surface area is 91.9 Å². The van der Waals surface area contributed by atoms with E-state index in [-0.39, 0.29) is 0 Å². The van der Waals surface area contributed by atoms with Crippen molar-refractivity contribution in [1.29, 1.82) is 5.26 Å². The standard InChI is InChI=1S/C13H18N2/c1-3-13(9-10-14)15-11(2)12-7-5-4-6-8-12/h4-8,11,13,15H,3,9H2,1-2H3/t11-,13?/m0/s1. The van der Waals surface area contributed by atoms with Crippen LogP contribution < -0.4 is 5.32 Å². The molecule has 0 heterocycles. The van der Waals surface area contributed by atoms with Gasteiger partial charge in [0.05, 0.1) is 12.5 Å². The molecule has 0 saturated carbocycles. The Morgan fingerprint density at radius 2 is 2.00 bits per heavy atom. The highest BCUT2D eigenvalue weighted by molar-refractivity contribution is 5.18. The van der Waals surface area contributed by atoms with Gasteiger partial charge in [-0.3, -0.25) is 0 Å². The second-order valence-electron chi connectivity index (χ2n) is 3.77. The molecule has 0 aromatic heterocycles. The first-order chi connectivity index (χ1) is 7.27. The van der Waals surface area contributed by atoms with Crippen LogP contribution in [0.3, 0.4) is 0 Å². The van der Waals surface area contributed by atoms with Crippen LogP contribution in [0, 0.1) is 11.3 Å². The Balaban J connectivity index is 2.55. The molecule has 0 saturated heterocycles. The van der Waals surface area contributed by atoms with Gasteiger partial charge >= 0.3 is 0 Å². The molecular formula is C13H18N2. The summed E-state index contributed by atoms with van der Waals surface area (Å²) in [6, 6.07) is 13.1. The Morgan fingerprint density at radius 1 is 1.33 bits per heavy atom. The van der Waals surface area contributed by atoms with Crippen LogP contribution in [0.4, 0.5) is 0 Å². The Morgan fingerprint density at radius 3 is 2.53 bits per heavy atom. The van der Waals surface area contributed by atoms with Crippen molar-refractivity contribution in [2.24, 2.45) is 0 Å². The van der Waals surface area contributed by atoms with Crippen molar-refractivity contribution in [2.75, 3.05) is 0 Å². The fourth-order valence-corrected chi connectivity index (χ4v) is 1.62. The van der Waals surface area contributed by atoms with Crippen LogP contribution in [0.15, 0.2) is 30.3 Å². The van der Waals surface area contributed by atoms with E-state index >= 15 is 0 Å². The van der Waals surface area contributed by atoms with Crippen LogP contribution >= 0.6 is 0 Å². The summed E-state index contributed by atoms with van der Waals surface area (Å²) in [4.78, 5) is 0. The topological polar surface area (TPSA) is 35.8 Å². The minimum atomic E-state index is 0.296. The largest absolute Gasteiger partial charge is 0.306 e. The number of nitriles is 1. The van der Waals surface area contributed by atoms with E-state index in [2.05, 4.69) is 37.4 Å². The molecular weight excluding hydrogens is 184 g/mol. The van der Waals surface area contributed by atoms with Crippen LogP contribution in [-0.2, 0) is 0 Å². The molecule has 1 aromatic rings. The lowest BCUT2D eigenvalue weighted by molar-refractivity contribution is 0.448. The molecule has 1 aromatic carbocycles. The van der Waals surface area contributed by atoms with Crippen molar-refractivity contribution in [3.05, 3.63) is 35.9 Å². The quantitative estimate of drug-likeness (QED) is 0.796. The van der Waals surface area contributed by atoms with Crippen molar-refractivity contribution in [1.82, 2.24) is 5.32 Å². The van der Waals surface area contributed by atoms with E-state index in [1.807, 2.05) is 18.2 Å². The molecule has 1 N–H and O–H groups in total. The van der Waals surface area contributed by atoms with Gasteiger partial charge in [-0.2, -0.15) is 5.26 Å². The zero-order chi connectivity index (χ0) is 11.1. The molecule has 0 fully saturated rings. The van der Waals surface area contributed by atoms with Crippen molar-refractivity contribution >= 4 is 0 Å². The van der Waals surface area contributed by atoms with Gasteiger partial charge in [0.15, 0.2) is 0 Å². The van der Waals surface area contributed by atoms with E-state index in [0.29, 0.717) is 18.5 Å². The summed E-state index contributed by atoms with van der Waals surface area (Å²) in [5, 5.41) is 12.1. The summed E-state index contributed by atoms with van der Waals surface area (Å²) in [7, 11) is 0. The Hall–Kier alpha value is -1.33. The van der Waals surface area contributed by atoms with Crippen LogP contribution in [0.2, 0.25) is 0 Å². The van der Waals surface area contributed by atoms with Gasteiger partial charge in [-0.05, 0) is 18.9 Å². The second kappa shape index (κ2) is 6.21. The van der Waals surface area contributed by atoms with Gasteiger partial charge in [0.1, 0.15) is 0 Å². The monoisotopic (exact) mass is 202 g/mol. The first kappa shape index (κ1) is 11.7. The summed E-state index contributed by atoms with van der Waals surface area (Å²) < 4.78 is 0. The zero-order valence-electron chi connectivity index (χ0n) is 9.40. The van der Waals surface area contributed by atoms with E-state index in [4.69, 9.17) is 5.26 Å². The number of benzene rings is 1. The molecule has 0 amide bonds. The second-order valence-corrected chi connectivity index (χ2v) is 3.77. The fraction of sp³-hybridized carbons (Fsp3) is 0.462. The van der Waals surface area contributed by atoms with Crippen LogP contribution in [0.5, 0.6) is 0 Å². The maximum Gasteiger partial charge on any atom is 0.0638 e. The highest BCUT2D eigenvalue weighted by atomic mass is 14.9. The lowest BCUT2D eigenvalue weighted by atomic mass is 10.1. The average molecular weight is 202 g/mol. The summed E-state index contributed by atoms with van der Waals surface area (Å²) in [5.74, 6) is 0. The number of hydrogen-bond acceptors (Lipinski definition) is 2. The lowest BCUT2D eigenvalue weighted by Crippen LogP contribution is -2.30. The first-order valence-electron chi connectivity index (χ1n) is 5.45. The van der Waals surface area contributed by atoms with E-state index in [0.717, 1.165) is 6.42 Å². The molecule has 1 rings (SSSR count). The van der Waals surface area contributed by atoms with Gasteiger partial charge in [-0.1, -0.05) is 37.3 Å². The van der Waals surface area contributed by atoms with Gasteiger partial charge in [0.2, 0.25) is 0 Å². The van der Waals surface area contributed by atoms with Gasteiger partial charge in [-0.25, -0.2) is 0 Å². The molecule has 0 spiro atoms. The van der Waals surface area contributed by atoms with E-state index < -0.39 is 0 Å². The minimum Gasteiger partial charge on any atom is -0.306 e. The van der Waals surface area contributed by atoms with Crippen molar-refractivity contribution in [3.8, 4) is 6.07 Å². The van der Waals surface area contributed by atoms with Crippen molar-refractivity contribution in [2.45, 2.75) is 38.8 Å². The van der Waals surface area contributed by atoms with E-state index in [1.165, 1.54) is 5.56 Å². The summed E-state index contributed by atoms with van der Waals surface area (Å²) in [6.45, 7) is 4.24.